The molecule has 20 heavy (non-hydrogen) atoms. The summed E-state index contributed by atoms with van der Waals surface area (Å²) in [6.07, 6.45) is 3.60. The molecule has 0 spiro atoms. The molecule has 2 rings (SSSR count). The van der Waals surface area contributed by atoms with Gasteiger partial charge in [-0.2, -0.15) is 10.2 Å². The summed E-state index contributed by atoms with van der Waals surface area (Å²) in [6, 6.07) is 1.82. The highest BCUT2D eigenvalue weighted by atomic mass is 32.1. The summed E-state index contributed by atoms with van der Waals surface area (Å²) in [5.41, 5.74) is 7.81. The summed E-state index contributed by atoms with van der Waals surface area (Å²) in [5, 5.41) is 11.1. The van der Waals surface area contributed by atoms with Crippen molar-refractivity contribution in [3.8, 4) is 0 Å². The first-order chi connectivity index (χ1) is 9.52. The molecule has 108 valence electrons. The fourth-order valence-electron chi connectivity index (χ4n) is 2.69. The molecule has 0 aliphatic heterocycles. The molecule has 1 amide bonds. The maximum atomic E-state index is 12.4. The van der Waals surface area contributed by atoms with Gasteiger partial charge in [0.15, 0.2) is 0 Å². The number of hydrogen-bond donors (Lipinski definition) is 2. The topological polar surface area (TPSA) is 80.9 Å². The number of aromatic nitrogens is 2. The van der Waals surface area contributed by atoms with Crippen LogP contribution in [0.5, 0.6) is 0 Å². The highest BCUT2D eigenvalue weighted by Gasteiger charge is 2.31. The Morgan fingerprint density at radius 3 is 2.90 bits per heavy atom. The quantitative estimate of drug-likeness (QED) is 0.823. The fraction of sp³-hybridized carbons (Fsp3) is 0.571. The summed E-state index contributed by atoms with van der Waals surface area (Å²) in [4.78, 5) is 12.9. The standard InChI is InChI=1S/C14H20N4OS/c1-3-11-10(7-8(2)17-18-11)14(19)16-12-6-4-5-9(12)13(15)20/h7,9,12H,3-6H2,1-2H3,(H2,15,20)(H,16,19). The third kappa shape index (κ3) is 3.12. The number of nitrogens with two attached hydrogens (primary N) is 1. The third-order valence-corrected chi connectivity index (χ3v) is 4.07. The SMILES string of the molecule is CCc1nnc(C)cc1C(=O)NC1CCCC1C(N)=S. The van der Waals surface area contributed by atoms with Gasteiger partial charge >= 0.3 is 0 Å². The number of carbonyl (C=O) groups is 1. The van der Waals surface area contributed by atoms with Gasteiger partial charge in [-0.3, -0.25) is 4.79 Å². The van der Waals surface area contributed by atoms with E-state index in [-0.39, 0.29) is 17.9 Å². The molecule has 5 nitrogen and oxygen atoms in total. The van der Waals surface area contributed by atoms with Crippen molar-refractivity contribution in [1.29, 1.82) is 0 Å². The van der Waals surface area contributed by atoms with E-state index in [0.29, 0.717) is 17.0 Å². The van der Waals surface area contributed by atoms with Gasteiger partial charge in [-0.05, 0) is 32.3 Å². The van der Waals surface area contributed by atoms with Crippen LogP contribution in [0.4, 0.5) is 0 Å². The summed E-state index contributed by atoms with van der Waals surface area (Å²) in [7, 11) is 0. The van der Waals surface area contributed by atoms with E-state index in [1.165, 1.54) is 0 Å². The molecule has 2 unspecified atom stereocenters. The van der Waals surface area contributed by atoms with Crippen LogP contribution >= 0.6 is 12.2 Å². The van der Waals surface area contributed by atoms with Crippen LogP contribution in [-0.2, 0) is 6.42 Å². The minimum Gasteiger partial charge on any atom is -0.393 e. The van der Waals surface area contributed by atoms with E-state index in [4.69, 9.17) is 18.0 Å². The average Bonchev–Trinajstić information content (AvgIpc) is 2.87. The fourth-order valence-corrected chi connectivity index (χ4v) is 2.97. The van der Waals surface area contributed by atoms with Gasteiger partial charge in [0, 0.05) is 12.0 Å². The Labute approximate surface area is 124 Å². The van der Waals surface area contributed by atoms with Crippen molar-refractivity contribution in [3.63, 3.8) is 0 Å². The zero-order valence-electron chi connectivity index (χ0n) is 11.8. The first kappa shape index (κ1) is 14.8. The lowest BCUT2D eigenvalue weighted by atomic mass is 10.0. The van der Waals surface area contributed by atoms with Crippen LogP contribution < -0.4 is 11.1 Å². The van der Waals surface area contributed by atoms with E-state index in [2.05, 4.69) is 15.5 Å². The summed E-state index contributed by atoms with van der Waals surface area (Å²) < 4.78 is 0. The van der Waals surface area contributed by atoms with Gasteiger partial charge in [-0.1, -0.05) is 25.6 Å². The molecule has 2 atom stereocenters. The van der Waals surface area contributed by atoms with Crippen molar-refractivity contribution in [2.75, 3.05) is 0 Å². The Morgan fingerprint density at radius 2 is 2.25 bits per heavy atom. The Balaban J connectivity index is 2.16. The first-order valence-electron chi connectivity index (χ1n) is 6.96. The zero-order valence-corrected chi connectivity index (χ0v) is 12.7. The smallest absolute Gasteiger partial charge is 0.253 e. The monoisotopic (exact) mass is 292 g/mol. The predicted octanol–water partition coefficient (Wildman–Crippen LogP) is 1.53. The van der Waals surface area contributed by atoms with Gasteiger partial charge < -0.3 is 11.1 Å². The van der Waals surface area contributed by atoms with E-state index in [1.807, 2.05) is 13.8 Å². The number of rotatable bonds is 4. The number of nitrogens with one attached hydrogen (secondary N) is 1. The molecule has 1 aliphatic rings. The molecular formula is C14H20N4OS. The Kier molecular flexibility index (Phi) is 4.65. The van der Waals surface area contributed by atoms with Crippen LogP contribution in [0.2, 0.25) is 0 Å². The van der Waals surface area contributed by atoms with Crippen molar-refractivity contribution >= 4 is 23.1 Å². The van der Waals surface area contributed by atoms with Gasteiger partial charge in [0.2, 0.25) is 0 Å². The number of thiocarbonyl (C=S) groups is 1. The normalized spacial score (nSPS) is 21.7. The number of nitrogens with zero attached hydrogens (tertiary/aromatic N) is 2. The number of amides is 1. The van der Waals surface area contributed by atoms with Crippen LogP contribution in [-0.4, -0.2) is 27.1 Å². The molecule has 0 saturated heterocycles. The van der Waals surface area contributed by atoms with Crippen molar-refractivity contribution in [1.82, 2.24) is 15.5 Å². The lowest BCUT2D eigenvalue weighted by Crippen LogP contribution is -2.42. The van der Waals surface area contributed by atoms with E-state index in [1.54, 1.807) is 6.07 Å². The summed E-state index contributed by atoms with van der Waals surface area (Å²) in [5.74, 6) is 0.00270. The largest absolute Gasteiger partial charge is 0.393 e. The van der Waals surface area contributed by atoms with Crippen molar-refractivity contribution in [3.05, 3.63) is 23.0 Å². The molecule has 1 heterocycles. The number of hydrogen-bond acceptors (Lipinski definition) is 4. The van der Waals surface area contributed by atoms with Gasteiger partial charge in [-0.15, -0.1) is 0 Å². The predicted molar refractivity (Wildman–Crippen MR) is 81.5 cm³/mol. The lowest BCUT2D eigenvalue weighted by molar-refractivity contribution is 0.0932. The van der Waals surface area contributed by atoms with Crippen LogP contribution in [0.3, 0.4) is 0 Å². The molecule has 1 aromatic rings. The Morgan fingerprint density at radius 1 is 1.50 bits per heavy atom. The van der Waals surface area contributed by atoms with Gasteiger partial charge in [0.1, 0.15) is 0 Å². The number of carbonyl (C=O) groups excluding carboxylic acids is 1. The average molecular weight is 292 g/mol. The highest BCUT2D eigenvalue weighted by Crippen LogP contribution is 2.26. The molecule has 1 aromatic heterocycles. The minimum atomic E-state index is -0.104. The highest BCUT2D eigenvalue weighted by molar-refractivity contribution is 7.80. The molecule has 0 aromatic carbocycles. The van der Waals surface area contributed by atoms with E-state index in [0.717, 1.165) is 30.7 Å². The second kappa shape index (κ2) is 6.26. The maximum absolute atomic E-state index is 12.4. The second-order valence-electron chi connectivity index (χ2n) is 5.22. The van der Waals surface area contributed by atoms with E-state index < -0.39 is 0 Å². The molecule has 1 fully saturated rings. The molecule has 0 radical (unpaired) electrons. The van der Waals surface area contributed by atoms with Crippen LogP contribution in [0.1, 0.15) is 47.9 Å². The Bertz CT molecular complexity index is 532. The molecule has 1 aliphatic carbocycles. The van der Waals surface area contributed by atoms with Crippen molar-refractivity contribution in [2.24, 2.45) is 11.7 Å². The van der Waals surface area contributed by atoms with Crippen molar-refractivity contribution < 1.29 is 4.79 Å². The van der Waals surface area contributed by atoms with E-state index in [9.17, 15) is 4.79 Å². The molecule has 0 bridgehead atoms. The zero-order chi connectivity index (χ0) is 14.7. The Hall–Kier alpha value is -1.56. The van der Waals surface area contributed by atoms with Crippen molar-refractivity contribution in [2.45, 2.75) is 45.6 Å². The lowest BCUT2D eigenvalue weighted by Gasteiger charge is -2.20. The molecular weight excluding hydrogens is 272 g/mol. The van der Waals surface area contributed by atoms with E-state index >= 15 is 0 Å². The van der Waals surface area contributed by atoms with Gasteiger partial charge in [-0.25, -0.2) is 0 Å². The molecule has 3 N–H and O–H groups in total. The summed E-state index contributed by atoms with van der Waals surface area (Å²) >= 11 is 5.08. The molecule has 1 saturated carbocycles. The van der Waals surface area contributed by atoms with Crippen LogP contribution in [0.15, 0.2) is 6.07 Å². The first-order valence-corrected chi connectivity index (χ1v) is 7.37. The van der Waals surface area contributed by atoms with Gasteiger partial charge in [0.05, 0.1) is 21.9 Å². The van der Waals surface area contributed by atoms with Crippen LogP contribution in [0, 0.1) is 12.8 Å². The maximum Gasteiger partial charge on any atom is 0.253 e. The third-order valence-electron chi connectivity index (χ3n) is 3.77. The second-order valence-corrected chi connectivity index (χ2v) is 5.69. The van der Waals surface area contributed by atoms with Gasteiger partial charge in [0.25, 0.3) is 5.91 Å². The summed E-state index contributed by atoms with van der Waals surface area (Å²) in [6.45, 7) is 3.79. The molecule has 6 heteroatoms. The van der Waals surface area contributed by atoms with Crippen LogP contribution in [0.25, 0.3) is 0 Å². The number of aryl methyl sites for hydroxylation is 2. The minimum absolute atomic E-state index is 0.0400.